The zero-order chi connectivity index (χ0) is 25.6. The Bertz CT molecular complexity index is 1680. The maximum atomic E-state index is 14.2. The number of nitrogens with zero attached hydrogens (tertiary/aromatic N) is 6. The molecule has 1 atom stereocenters. The highest BCUT2D eigenvalue weighted by Crippen LogP contribution is 2.43. The van der Waals surface area contributed by atoms with E-state index in [1.807, 2.05) is 12.1 Å². The molecule has 0 saturated heterocycles. The molecular formula is C24H17F2N9O. The van der Waals surface area contributed by atoms with E-state index in [-0.39, 0.29) is 57.0 Å². The van der Waals surface area contributed by atoms with E-state index < -0.39 is 23.2 Å². The topological polar surface area (TPSA) is 172 Å². The second-order valence-corrected chi connectivity index (χ2v) is 8.31. The molecule has 10 nitrogen and oxygen atoms in total. The van der Waals surface area contributed by atoms with Gasteiger partial charge in [0.15, 0.2) is 5.82 Å². The van der Waals surface area contributed by atoms with Gasteiger partial charge in [0.1, 0.15) is 41.0 Å². The zero-order valence-electron chi connectivity index (χ0n) is 18.5. The molecule has 0 amide bonds. The molecule has 4 aromatic rings. The van der Waals surface area contributed by atoms with Gasteiger partial charge in [-0.25, -0.2) is 13.8 Å². The van der Waals surface area contributed by atoms with Gasteiger partial charge >= 0.3 is 0 Å². The number of nitrogen functional groups attached to an aromatic ring is 2. The highest BCUT2D eigenvalue weighted by molar-refractivity contribution is 5.84. The second kappa shape index (κ2) is 8.60. The van der Waals surface area contributed by atoms with Crippen LogP contribution in [0.15, 0.2) is 41.2 Å². The number of hydrogen-bond donors (Lipinski definition) is 3. The maximum absolute atomic E-state index is 14.2. The van der Waals surface area contributed by atoms with Crippen LogP contribution in [0.25, 0.3) is 16.6 Å². The molecule has 0 unspecified atom stereocenters. The predicted molar refractivity (Wildman–Crippen MR) is 127 cm³/mol. The summed E-state index contributed by atoms with van der Waals surface area (Å²) in [5.74, 6) is -1.55. The Balaban J connectivity index is 1.81. The van der Waals surface area contributed by atoms with Gasteiger partial charge < -0.3 is 16.8 Å². The molecule has 2 aromatic carbocycles. The van der Waals surface area contributed by atoms with Crippen molar-refractivity contribution in [3.63, 3.8) is 0 Å². The highest BCUT2D eigenvalue weighted by atomic mass is 19.1. The molecule has 5 rings (SSSR count). The van der Waals surface area contributed by atoms with Crippen LogP contribution in [-0.2, 0) is 0 Å². The Hall–Kier alpha value is -5.10. The second-order valence-electron chi connectivity index (χ2n) is 8.31. The van der Waals surface area contributed by atoms with Crippen molar-refractivity contribution in [1.82, 2.24) is 19.5 Å². The van der Waals surface area contributed by atoms with Gasteiger partial charge in [-0.2, -0.15) is 20.5 Å². The van der Waals surface area contributed by atoms with E-state index in [4.69, 9.17) is 11.5 Å². The maximum Gasteiger partial charge on any atom is 0.266 e. The van der Waals surface area contributed by atoms with Gasteiger partial charge in [0.05, 0.1) is 28.2 Å². The first-order valence-corrected chi connectivity index (χ1v) is 10.8. The van der Waals surface area contributed by atoms with Crippen molar-refractivity contribution in [2.75, 3.05) is 16.8 Å². The number of hydrogen-bond acceptors (Lipinski definition) is 9. The molecule has 0 aliphatic heterocycles. The average Bonchev–Trinajstić information content (AvgIpc) is 3.67. The van der Waals surface area contributed by atoms with Crippen molar-refractivity contribution in [2.45, 2.75) is 18.9 Å². The van der Waals surface area contributed by atoms with Crippen molar-refractivity contribution < 1.29 is 8.78 Å². The lowest BCUT2D eigenvalue weighted by Gasteiger charge is -2.24. The van der Waals surface area contributed by atoms with E-state index in [2.05, 4.69) is 20.3 Å². The van der Waals surface area contributed by atoms with E-state index in [0.29, 0.717) is 0 Å². The average molecular weight is 485 g/mol. The lowest BCUT2D eigenvalue weighted by Crippen LogP contribution is -2.30. The summed E-state index contributed by atoms with van der Waals surface area (Å²) in [7, 11) is 0. The first-order chi connectivity index (χ1) is 17.3. The van der Waals surface area contributed by atoms with Crippen molar-refractivity contribution in [1.29, 1.82) is 10.5 Å². The quantitative estimate of drug-likeness (QED) is 0.384. The fraction of sp³-hybridized carbons (Fsp3) is 0.167. The molecular weight excluding hydrogens is 468 g/mol. The number of nitriles is 2. The van der Waals surface area contributed by atoms with Crippen LogP contribution in [-0.4, -0.2) is 19.5 Å². The number of benzene rings is 2. The summed E-state index contributed by atoms with van der Waals surface area (Å²) >= 11 is 0. The van der Waals surface area contributed by atoms with Crippen LogP contribution in [0.5, 0.6) is 0 Å². The van der Waals surface area contributed by atoms with Gasteiger partial charge in [0.2, 0.25) is 5.95 Å². The molecule has 0 spiro atoms. The molecule has 1 saturated carbocycles. The normalized spacial score (nSPS) is 13.7. The van der Waals surface area contributed by atoms with E-state index >= 15 is 0 Å². The van der Waals surface area contributed by atoms with Crippen LogP contribution < -0.4 is 22.3 Å². The Morgan fingerprint density at radius 3 is 2.50 bits per heavy atom. The van der Waals surface area contributed by atoms with Crippen molar-refractivity contribution >= 4 is 28.5 Å². The molecule has 1 aliphatic rings. The van der Waals surface area contributed by atoms with Gasteiger partial charge in [-0.1, -0.05) is 6.07 Å². The van der Waals surface area contributed by atoms with Gasteiger partial charge in [0.25, 0.3) is 5.56 Å². The Kier molecular flexibility index (Phi) is 5.42. The summed E-state index contributed by atoms with van der Waals surface area (Å²) < 4.78 is 29.6. The minimum Gasteiger partial charge on any atom is -0.382 e. The SMILES string of the molecule is N#Cc1c(N)nc(N)nc1N[C@H](c1nc2c(C#N)cc(F)cc2c(=O)n1-c1cccc(F)c1)C1CC1. The number of halogens is 2. The minimum atomic E-state index is -0.779. The summed E-state index contributed by atoms with van der Waals surface area (Å²) in [5, 5.41) is 22.2. The van der Waals surface area contributed by atoms with Crippen LogP contribution in [0.4, 0.5) is 26.4 Å². The third kappa shape index (κ3) is 3.91. The number of anilines is 3. The summed E-state index contributed by atoms with van der Waals surface area (Å²) in [6.45, 7) is 0. The van der Waals surface area contributed by atoms with Crippen molar-refractivity contribution in [3.8, 4) is 17.8 Å². The standard InChI is InChI=1S/C24H17F2N9O/c25-13-2-1-3-15(7-13)35-22(32-18-12(9-27)6-14(26)8-16(18)23(35)36)19(11-4-5-11)31-21-17(10-28)20(29)33-24(30)34-21/h1-3,6-8,11,19H,4-5H2,(H5,29,30,31,33,34)/t19-/m0/s1. The third-order valence-electron chi connectivity index (χ3n) is 5.88. The summed E-state index contributed by atoms with van der Waals surface area (Å²) in [4.78, 5) is 26.2. The van der Waals surface area contributed by atoms with Crippen molar-refractivity contribution in [3.05, 3.63) is 75.3 Å². The summed E-state index contributed by atoms with van der Waals surface area (Å²) in [6.07, 6.45) is 1.50. The lowest BCUT2D eigenvalue weighted by molar-refractivity contribution is 0.601. The van der Waals surface area contributed by atoms with E-state index in [9.17, 15) is 24.1 Å². The molecule has 178 valence electrons. The molecule has 5 N–H and O–H groups in total. The zero-order valence-corrected chi connectivity index (χ0v) is 18.5. The Labute approximate surface area is 202 Å². The van der Waals surface area contributed by atoms with Gasteiger partial charge in [-0.3, -0.25) is 9.36 Å². The van der Waals surface area contributed by atoms with E-state index in [1.165, 1.54) is 22.8 Å². The molecule has 36 heavy (non-hydrogen) atoms. The predicted octanol–water partition coefficient (Wildman–Crippen LogP) is 2.92. The number of nitrogens with one attached hydrogen (secondary N) is 1. The van der Waals surface area contributed by atoms with Crippen LogP contribution in [0.2, 0.25) is 0 Å². The van der Waals surface area contributed by atoms with Crippen LogP contribution >= 0.6 is 0 Å². The third-order valence-corrected chi connectivity index (χ3v) is 5.88. The number of aromatic nitrogens is 4. The van der Waals surface area contributed by atoms with Crippen molar-refractivity contribution in [2.24, 2.45) is 5.92 Å². The number of fused-ring (bicyclic) bond motifs is 1. The van der Waals surface area contributed by atoms with Crippen LogP contribution in [0, 0.1) is 40.2 Å². The lowest BCUT2D eigenvalue weighted by atomic mass is 10.1. The van der Waals surface area contributed by atoms with E-state index in [0.717, 1.165) is 31.0 Å². The molecule has 1 aliphatic carbocycles. The fourth-order valence-electron chi connectivity index (χ4n) is 4.11. The van der Waals surface area contributed by atoms with Crippen LogP contribution in [0.1, 0.15) is 35.8 Å². The van der Waals surface area contributed by atoms with Gasteiger partial charge in [-0.05, 0) is 49.1 Å². The van der Waals surface area contributed by atoms with Gasteiger partial charge in [0, 0.05) is 0 Å². The molecule has 0 bridgehead atoms. The first kappa shape index (κ1) is 22.7. The largest absolute Gasteiger partial charge is 0.382 e. The Morgan fingerprint density at radius 2 is 1.83 bits per heavy atom. The molecule has 0 radical (unpaired) electrons. The van der Waals surface area contributed by atoms with Crippen LogP contribution in [0.3, 0.4) is 0 Å². The minimum absolute atomic E-state index is 0.00113. The Morgan fingerprint density at radius 1 is 1.06 bits per heavy atom. The molecule has 2 heterocycles. The summed E-state index contributed by atoms with van der Waals surface area (Å²) in [5.41, 5.74) is 10.9. The first-order valence-electron chi connectivity index (χ1n) is 10.8. The molecule has 12 heteroatoms. The molecule has 1 fully saturated rings. The number of nitrogens with two attached hydrogens (primary N) is 2. The van der Waals surface area contributed by atoms with E-state index in [1.54, 1.807) is 0 Å². The monoisotopic (exact) mass is 485 g/mol. The number of rotatable bonds is 5. The smallest absolute Gasteiger partial charge is 0.266 e. The highest BCUT2D eigenvalue weighted by Gasteiger charge is 2.37. The summed E-state index contributed by atoms with van der Waals surface area (Å²) in [6, 6.07) is 10.4. The van der Waals surface area contributed by atoms with Gasteiger partial charge in [-0.15, -0.1) is 0 Å². The fourth-order valence-corrected chi connectivity index (χ4v) is 4.11. The molecule has 2 aromatic heterocycles.